The van der Waals surface area contributed by atoms with E-state index in [0.717, 1.165) is 5.56 Å². The van der Waals surface area contributed by atoms with E-state index in [4.69, 9.17) is 0 Å². The topological polar surface area (TPSA) is 15.8 Å². The van der Waals surface area contributed by atoms with Crippen molar-refractivity contribution >= 4 is 10.9 Å². The lowest BCUT2D eigenvalue weighted by Crippen LogP contribution is -1.79. The SMILES string of the molecule is CC(C)C#Cc1ccc2[nH]ccc2c1. The van der Waals surface area contributed by atoms with Crippen LogP contribution in [0.1, 0.15) is 19.4 Å². The van der Waals surface area contributed by atoms with Gasteiger partial charge < -0.3 is 4.98 Å². The lowest BCUT2D eigenvalue weighted by molar-refractivity contribution is 0.866. The molecule has 0 saturated heterocycles. The third-order valence-electron chi connectivity index (χ3n) is 2.06. The Morgan fingerprint density at radius 1 is 1.21 bits per heavy atom. The van der Waals surface area contributed by atoms with Gasteiger partial charge in [0.25, 0.3) is 0 Å². The largest absolute Gasteiger partial charge is 0.361 e. The van der Waals surface area contributed by atoms with Crippen molar-refractivity contribution in [1.82, 2.24) is 4.98 Å². The number of fused-ring (bicyclic) bond motifs is 1. The van der Waals surface area contributed by atoms with E-state index in [9.17, 15) is 0 Å². The summed E-state index contributed by atoms with van der Waals surface area (Å²) in [5.41, 5.74) is 2.26. The van der Waals surface area contributed by atoms with Crippen molar-refractivity contribution in [2.45, 2.75) is 13.8 Å². The van der Waals surface area contributed by atoms with Gasteiger partial charge in [0.1, 0.15) is 0 Å². The van der Waals surface area contributed by atoms with Crippen LogP contribution in [0, 0.1) is 17.8 Å². The minimum atomic E-state index is 0.428. The Kier molecular flexibility index (Phi) is 2.28. The summed E-state index contributed by atoms with van der Waals surface area (Å²) < 4.78 is 0. The van der Waals surface area contributed by atoms with Crippen molar-refractivity contribution in [3.8, 4) is 11.8 Å². The van der Waals surface area contributed by atoms with E-state index in [-0.39, 0.29) is 0 Å². The van der Waals surface area contributed by atoms with Crippen molar-refractivity contribution in [3.63, 3.8) is 0 Å². The van der Waals surface area contributed by atoms with Gasteiger partial charge in [-0.15, -0.1) is 0 Å². The fourth-order valence-corrected chi connectivity index (χ4v) is 1.36. The highest BCUT2D eigenvalue weighted by Gasteiger charge is 1.94. The first-order valence-electron chi connectivity index (χ1n) is 4.84. The van der Waals surface area contributed by atoms with Gasteiger partial charge in [-0.05, 0) is 24.3 Å². The molecule has 0 aliphatic heterocycles. The first-order chi connectivity index (χ1) is 6.75. The highest BCUT2D eigenvalue weighted by Crippen LogP contribution is 2.13. The number of rotatable bonds is 0. The van der Waals surface area contributed by atoms with Crippen molar-refractivity contribution < 1.29 is 0 Å². The van der Waals surface area contributed by atoms with Crippen LogP contribution in [0.25, 0.3) is 10.9 Å². The highest BCUT2D eigenvalue weighted by molar-refractivity contribution is 5.80. The standard InChI is InChI=1S/C13H13N/c1-10(2)3-4-11-5-6-13-12(9-11)7-8-14-13/h5-10,14H,1-2H3. The monoisotopic (exact) mass is 183 g/mol. The number of aromatic nitrogens is 1. The van der Waals surface area contributed by atoms with E-state index in [1.54, 1.807) is 0 Å². The molecule has 1 aromatic carbocycles. The molecule has 0 fully saturated rings. The van der Waals surface area contributed by atoms with Gasteiger partial charge in [-0.25, -0.2) is 0 Å². The molecule has 1 nitrogen and oxygen atoms in total. The molecule has 0 spiro atoms. The Labute approximate surface area is 84.1 Å². The molecule has 1 aromatic heterocycles. The smallest absolute Gasteiger partial charge is 0.0454 e. The van der Waals surface area contributed by atoms with Crippen LogP contribution in [0.5, 0.6) is 0 Å². The van der Waals surface area contributed by atoms with Crippen LogP contribution in [0.3, 0.4) is 0 Å². The second kappa shape index (κ2) is 3.59. The van der Waals surface area contributed by atoms with Gasteiger partial charge >= 0.3 is 0 Å². The number of benzene rings is 1. The summed E-state index contributed by atoms with van der Waals surface area (Å²) in [4.78, 5) is 3.16. The maximum atomic E-state index is 3.16. The molecule has 0 amide bonds. The Morgan fingerprint density at radius 2 is 2.07 bits per heavy atom. The van der Waals surface area contributed by atoms with Crippen LogP contribution >= 0.6 is 0 Å². The fraction of sp³-hybridized carbons (Fsp3) is 0.231. The quantitative estimate of drug-likeness (QED) is 0.604. The molecule has 14 heavy (non-hydrogen) atoms. The summed E-state index contributed by atoms with van der Waals surface area (Å²) >= 11 is 0. The average Bonchev–Trinajstić information content (AvgIpc) is 2.61. The predicted molar refractivity (Wildman–Crippen MR) is 60.0 cm³/mol. The molecule has 0 radical (unpaired) electrons. The van der Waals surface area contributed by atoms with E-state index in [2.05, 4.69) is 48.9 Å². The second-order valence-corrected chi connectivity index (χ2v) is 3.70. The summed E-state index contributed by atoms with van der Waals surface area (Å²) in [6.45, 7) is 4.20. The van der Waals surface area contributed by atoms with Crippen LogP contribution in [0.2, 0.25) is 0 Å². The van der Waals surface area contributed by atoms with Gasteiger partial charge in [0.05, 0.1) is 0 Å². The van der Waals surface area contributed by atoms with Crippen LogP contribution in [0.15, 0.2) is 30.5 Å². The number of H-pyrrole nitrogens is 1. The number of nitrogens with one attached hydrogen (secondary N) is 1. The lowest BCUT2D eigenvalue weighted by Gasteiger charge is -1.92. The number of aromatic amines is 1. The van der Waals surface area contributed by atoms with Gasteiger partial charge in [0.2, 0.25) is 0 Å². The summed E-state index contributed by atoms with van der Waals surface area (Å²) in [6, 6.07) is 8.30. The van der Waals surface area contributed by atoms with E-state index in [1.165, 1.54) is 10.9 Å². The normalized spacial score (nSPS) is 10.2. The Balaban J connectivity index is 2.41. The average molecular weight is 183 g/mol. The number of hydrogen-bond acceptors (Lipinski definition) is 0. The molecule has 2 rings (SSSR count). The van der Waals surface area contributed by atoms with Crippen molar-refractivity contribution in [2.24, 2.45) is 5.92 Å². The third kappa shape index (κ3) is 1.80. The molecule has 0 saturated carbocycles. The van der Waals surface area contributed by atoms with Gasteiger partial charge in [0, 0.05) is 28.6 Å². The van der Waals surface area contributed by atoms with Crippen LogP contribution < -0.4 is 0 Å². The van der Waals surface area contributed by atoms with Gasteiger partial charge in [-0.1, -0.05) is 25.7 Å². The third-order valence-corrected chi connectivity index (χ3v) is 2.06. The Hall–Kier alpha value is -1.68. The molecule has 2 aromatic rings. The summed E-state index contributed by atoms with van der Waals surface area (Å²) in [7, 11) is 0. The van der Waals surface area contributed by atoms with Crippen molar-refractivity contribution in [2.75, 3.05) is 0 Å². The second-order valence-electron chi connectivity index (χ2n) is 3.70. The molecular weight excluding hydrogens is 170 g/mol. The highest BCUT2D eigenvalue weighted by atomic mass is 14.7. The van der Waals surface area contributed by atoms with Crippen molar-refractivity contribution in [3.05, 3.63) is 36.0 Å². The predicted octanol–water partition coefficient (Wildman–Crippen LogP) is 3.18. The molecule has 1 heteroatoms. The van der Waals surface area contributed by atoms with Gasteiger partial charge in [-0.3, -0.25) is 0 Å². The molecule has 0 atom stereocenters. The molecular formula is C13H13N. The minimum Gasteiger partial charge on any atom is -0.361 e. The molecule has 0 aliphatic rings. The van der Waals surface area contributed by atoms with Crippen LogP contribution in [-0.2, 0) is 0 Å². The van der Waals surface area contributed by atoms with Crippen molar-refractivity contribution in [1.29, 1.82) is 0 Å². The lowest BCUT2D eigenvalue weighted by atomic mass is 10.1. The number of hydrogen-bond donors (Lipinski definition) is 1. The molecule has 1 N–H and O–H groups in total. The maximum Gasteiger partial charge on any atom is 0.0454 e. The zero-order chi connectivity index (χ0) is 9.97. The molecule has 0 aliphatic carbocycles. The molecule has 0 bridgehead atoms. The maximum absolute atomic E-state index is 3.16. The van der Waals surface area contributed by atoms with Crippen LogP contribution in [-0.4, -0.2) is 4.98 Å². The molecule has 1 heterocycles. The Bertz CT molecular complexity index is 494. The van der Waals surface area contributed by atoms with E-state index in [1.807, 2.05) is 12.3 Å². The van der Waals surface area contributed by atoms with Gasteiger partial charge in [-0.2, -0.15) is 0 Å². The molecule has 0 unspecified atom stereocenters. The summed E-state index contributed by atoms with van der Waals surface area (Å²) in [5, 5.41) is 1.22. The van der Waals surface area contributed by atoms with E-state index in [0.29, 0.717) is 5.92 Å². The first kappa shape index (κ1) is 8.90. The summed E-state index contributed by atoms with van der Waals surface area (Å²) in [5.74, 6) is 6.75. The van der Waals surface area contributed by atoms with E-state index >= 15 is 0 Å². The van der Waals surface area contributed by atoms with Gasteiger partial charge in [0.15, 0.2) is 0 Å². The first-order valence-corrected chi connectivity index (χ1v) is 4.84. The zero-order valence-corrected chi connectivity index (χ0v) is 8.46. The minimum absolute atomic E-state index is 0.428. The van der Waals surface area contributed by atoms with Crippen LogP contribution in [0.4, 0.5) is 0 Å². The zero-order valence-electron chi connectivity index (χ0n) is 8.46. The Morgan fingerprint density at radius 3 is 2.86 bits per heavy atom. The molecule has 70 valence electrons. The summed E-state index contributed by atoms with van der Waals surface area (Å²) in [6.07, 6.45) is 1.95. The van der Waals surface area contributed by atoms with E-state index < -0.39 is 0 Å². The fourth-order valence-electron chi connectivity index (χ4n) is 1.36.